The lowest BCUT2D eigenvalue weighted by molar-refractivity contribution is -0.105. The Labute approximate surface area is 315 Å². The van der Waals surface area contributed by atoms with Gasteiger partial charge in [0.1, 0.15) is 27.6 Å². The van der Waals surface area contributed by atoms with Gasteiger partial charge in [-0.25, -0.2) is 9.97 Å². The fraction of sp³-hybridized carbons (Fsp3) is 0.389. The van der Waals surface area contributed by atoms with Gasteiger partial charge in [-0.3, -0.25) is 29.4 Å². The highest BCUT2D eigenvalue weighted by molar-refractivity contribution is 7.13. The van der Waals surface area contributed by atoms with E-state index in [9.17, 15) is 19.2 Å². The van der Waals surface area contributed by atoms with Gasteiger partial charge in [0.25, 0.3) is 5.91 Å². The van der Waals surface area contributed by atoms with Crippen LogP contribution in [0.15, 0.2) is 36.4 Å². The Balaban J connectivity index is 1.27. The molecular weight excluding hydrogens is 717 g/mol. The van der Waals surface area contributed by atoms with E-state index in [1.807, 2.05) is 30.9 Å². The Morgan fingerprint density at radius 1 is 1.06 bits per heavy atom. The predicted octanol–water partition coefficient (Wildman–Crippen LogP) is 2.44. The first kappa shape index (κ1) is 38.0. The average molecular weight is 761 g/mol. The number of benzene rings is 2. The summed E-state index contributed by atoms with van der Waals surface area (Å²) in [5, 5.41) is 9.80. The van der Waals surface area contributed by atoms with E-state index in [-0.39, 0.29) is 36.1 Å². The number of nitrogens with one attached hydrogen (secondary N) is 3. The lowest BCUT2D eigenvalue weighted by Gasteiger charge is -2.27. The van der Waals surface area contributed by atoms with Crippen LogP contribution in [0.3, 0.4) is 0 Å². The molecule has 2 aromatic carbocycles. The molecule has 6 rings (SSSR count). The maximum atomic E-state index is 13.6. The van der Waals surface area contributed by atoms with E-state index in [0.29, 0.717) is 77.1 Å². The summed E-state index contributed by atoms with van der Waals surface area (Å²) in [7, 11) is 1.49. The summed E-state index contributed by atoms with van der Waals surface area (Å²) in [4.78, 5) is 63.4. The molecule has 0 aliphatic carbocycles. The van der Waals surface area contributed by atoms with Gasteiger partial charge in [0.05, 0.1) is 48.8 Å². The van der Waals surface area contributed by atoms with Gasteiger partial charge < -0.3 is 45.8 Å². The van der Waals surface area contributed by atoms with Gasteiger partial charge in [0.15, 0.2) is 6.29 Å². The molecule has 0 bridgehead atoms. The number of amides is 4. The monoisotopic (exact) mass is 760 g/mol. The van der Waals surface area contributed by atoms with Gasteiger partial charge >= 0.3 is 0 Å². The molecule has 1 fully saturated rings. The summed E-state index contributed by atoms with van der Waals surface area (Å²) < 4.78 is 19.1. The molecule has 2 aliphatic heterocycles. The standard InChI is InChI=1S/C36H44N10O7S/c1-4-24-31(54-21(2)40-24)34(50)43-36-42-25-16-22(32(37)48)18-27(51-3)29(25)46(36)10-6-5-9-45-30-26(41-35(45)39-20-47)17-23(33(38)49)19-28(30)53-13-7-8-44-11-14-52-15-12-44/h5-6,16-20,36,42H,4,7-15H2,1-3H3,(H2,37,48)(H2,38,49)(H,43,50)(H,39,41,47)/b6-5+. The Bertz CT molecular complexity index is 2070. The van der Waals surface area contributed by atoms with Crippen LogP contribution in [0, 0.1) is 6.92 Å². The highest BCUT2D eigenvalue weighted by atomic mass is 32.1. The molecule has 0 radical (unpaired) electrons. The van der Waals surface area contributed by atoms with Crippen molar-refractivity contribution in [2.24, 2.45) is 11.5 Å². The molecule has 1 saturated heterocycles. The molecule has 0 saturated carbocycles. The highest BCUT2D eigenvalue weighted by Gasteiger charge is 2.34. The third kappa shape index (κ3) is 8.24. The van der Waals surface area contributed by atoms with Crippen LogP contribution in [-0.2, 0) is 22.5 Å². The second-order valence-corrected chi connectivity index (χ2v) is 13.8. The van der Waals surface area contributed by atoms with Gasteiger partial charge in [-0.15, -0.1) is 11.3 Å². The number of thiazole rings is 1. The summed E-state index contributed by atoms with van der Waals surface area (Å²) in [5.41, 5.74) is 14.6. The van der Waals surface area contributed by atoms with Crippen LogP contribution in [-0.4, -0.2) is 103 Å². The minimum absolute atomic E-state index is 0.227. The average Bonchev–Trinajstić information content (AvgIpc) is 3.83. The molecule has 17 nitrogen and oxygen atoms in total. The summed E-state index contributed by atoms with van der Waals surface area (Å²) in [6.07, 6.45) is 4.91. The van der Waals surface area contributed by atoms with Crippen molar-refractivity contribution in [1.82, 2.24) is 24.8 Å². The van der Waals surface area contributed by atoms with Crippen LogP contribution in [0.1, 0.15) is 54.4 Å². The third-order valence-corrected chi connectivity index (χ3v) is 10.1. The number of allylic oxidation sites excluding steroid dienone is 1. The fourth-order valence-electron chi connectivity index (χ4n) is 6.54. The van der Waals surface area contributed by atoms with Crippen LogP contribution >= 0.6 is 11.3 Å². The Morgan fingerprint density at radius 2 is 1.78 bits per heavy atom. The number of hydrogen-bond donors (Lipinski definition) is 5. The molecule has 1 unspecified atom stereocenters. The third-order valence-electron chi connectivity index (χ3n) is 9.10. The zero-order valence-corrected chi connectivity index (χ0v) is 31.2. The van der Waals surface area contributed by atoms with E-state index in [2.05, 4.69) is 30.8 Å². The van der Waals surface area contributed by atoms with Crippen LogP contribution in [0.2, 0.25) is 0 Å². The van der Waals surface area contributed by atoms with E-state index in [1.165, 1.54) is 18.4 Å². The summed E-state index contributed by atoms with van der Waals surface area (Å²) in [6.45, 7) is 8.66. The molecule has 1 atom stereocenters. The van der Waals surface area contributed by atoms with Crippen molar-refractivity contribution in [3.63, 3.8) is 0 Å². The number of anilines is 3. The number of ether oxygens (including phenoxy) is 3. The van der Waals surface area contributed by atoms with Gasteiger partial charge in [0, 0.05) is 43.9 Å². The number of methoxy groups -OCH3 is 1. The van der Waals surface area contributed by atoms with Gasteiger partial charge in [-0.05, 0) is 44.0 Å². The first-order valence-corrected chi connectivity index (χ1v) is 18.4. The molecule has 286 valence electrons. The maximum absolute atomic E-state index is 13.6. The van der Waals surface area contributed by atoms with Crippen molar-refractivity contribution >= 4 is 63.8 Å². The zero-order valence-electron chi connectivity index (χ0n) is 30.3. The molecule has 4 aromatic rings. The molecule has 7 N–H and O–H groups in total. The lowest BCUT2D eigenvalue weighted by atomic mass is 10.1. The molecule has 4 amide bonds. The van der Waals surface area contributed by atoms with E-state index < -0.39 is 18.1 Å². The normalized spacial score (nSPS) is 15.6. The van der Waals surface area contributed by atoms with Crippen molar-refractivity contribution in [2.45, 2.75) is 39.5 Å². The number of nitrogens with two attached hydrogens (primary N) is 2. The van der Waals surface area contributed by atoms with Crippen molar-refractivity contribution < 1.29 is 33.4 Å². The van der Waals surface area contributed by atoms with Gasteiger partial charge in [0.2, 0.25) is 24.2 Å². The lowest BCUT2D eigenvalue weighted by Crippen LogP contribution is -2.50. The largest absolute Gasteiger partial charge is 0.494 e. The number of rotatable bonds is 17. The maximum Gasteiger partial charge on any atom is 0.266 e. The van der Waals surface area contributed by atoms with E-state index in [4.69, 9.17) is 25.7 Å². The van der Waals surface area contributed by atoms with E-state index >= 15 is 0 Å². The number of nitrogens with zero attached hydrogens (tertiary/aromatic N) is 5. The van der Waals surface area contributed by atoms with Gasteiger partial charge in [-0.2, -0.15) is 0 Å². The number of hydrogen-bond acceptors (Lipinski definition) is 13. The quantitative estimate of drug-likeness (QED) is 0.0595. The predicted molar refractivity (Wildman–Crippen MR) is 204 cm³/mol. The first-order valence-electron chi connectivity index (χ1n) is 17.6. The van der Waals surface area contributed by atoms with Crippen LogP contribution in [0.25, 0.3) is 11.0 Å². The van der Waals surface area contributed by atoms with E-state index in [0.717, 1.165) is 31.1 Å². The molecule has 4 heterocycles. The van der Waals surface area contributed by atoms with Crippen molar-refractivity contribution in [2.75, 3.05) is 68.6 Å². The molecule has 18 heteroatoms. The minimum atomic E-state index is -0.729. The number of fused-ring (bicyclic) bond motifs is 2. The summed E-state index contributed by atoms with van der Waals surface area (Å²) >= 11 is 1.32. The molecule has 0 spiro atoms. The van der Waals surface area contributed by atoms with Crippen LogP contribution in [0.5, 0.6) is 11.5 Å². The Kier molecular flexibility index (Phi) is 11.9. The van der Waals surface area contributed by atoms with Crippen molar-refractivity contribution in [3.8, 4) is 11.5 Å². The molecule has 2 aliphatic rings. The number of morpholine rings is 1. The second kappa shape index (κ2) is 17.0. The van der Waals surface area contributed by atoms with Crippen molar-refractivity contribution in [3.05, 3.63) is 63.1 Å². The van der Waals surface area contributed by atoms with Crippen LogP contribution < -0.4 is 41.8 Å². The molecular formula is C36H44N10O7S. The number of primary amides is 2. The number of imidazole rings is 1. The molecule has 54 heavy (non-hydrogen) atoms. The number of carbonyl (C=O) groups excluding carboxylic acids is 4. The molecule has 2 aromatic heterocycles. The summed E-state index contributed by atoms with van der Waals surface area (Å²) in [6, 6.07) is 6.33. The van der Waals surface area contributed by atoms with Crippen LogP contribution in [0.4, 0.5) is 17.3 Å². The first-order chi connectivity index (χ1) is 26.1. The number of aryl methyl sites for hydroxylation is 2. The minimum Gasteiger partial charge on any atom is -0.494 e. The van der Waals surface area contributed by atoms with Gasteiger partial charge in [-0.1, -0.05) is 19.1 Å². The highest BCUT2D eigenvalue weighted by Crippen LogP contribution is 2.43. The van der Waals surface area contributed by atoms with E-state index in [1.54, 1.807) is 28.8 Å². The SMILES string of the molecule is CCc1nc(C)sc1C(=O)NC1Nc2cc(C(N)=O)cc(OC)c2N1C/C=C/Cn1c(NC=O)nc2cc(C(N)=O)cc(OCCCN3CCOCC3)c21. The Morgan fingerprint density at radius 3 is 2.48 bits per heavy atom. The number of aromatic nitrogens is 3. The fourth-order valence-corrected chi connectivity index (χ4v) is 7.45. The van der Waals surface area contributed by atoms with Crippen molar-refractivity contribution in [1.29, 1.82) is 0 Å². The Hall–Kier alpha value is -5.72. The zero-order chi connectivity index (χ0) is 38.4. The second-order valence-electron chi connectivity index (χ2n) is 12.6. The number of carbonyl (C=O) groups is 4. The topological polar surface area (TPSA) is 221 Å². The smallest absolute Gasteiger partial charge is 0.266 e. The summed E-state index contributed by atoms with van der Waals surface area (Å²) in [5.74, 6) is -0.516.